The van der Waals surface area contributed by atoms with Crippen LogP contribution in [0.15, 0.2) is 18.2 Å². The minimum Gasteiger partial charge on any atom is -0.325 e. The average molecular weight is 316 g/mol. The number of hydrogen-bond acceptors (Lipinski definition) is 2. The Morgan fingerprint density at radius 3 is 2.79 bits per heavy atom. The van der Waals surface area contributed by atoms with Crippen LogP contribution in [0, 0.1) is 5.92 Å². The van der Waals surface area contributed by atoms with E-state index in [9.17, 15) is 4.79 Å². The number of amides is 1. The van der Waals surface area contributed by atoms with E-state index < -0.39 is 0 Å². The zero-order valence-electron chi connectivity index (χ0n) is 10.4. The second kappa shape index (κ2) is 5.55. The predicted octanol–water partition coefficient (Wildman–Crippen LogP) is 4.37. The van der Waals surface area contributed by atoms with Crippen LogP contribution in [0.1, 0.15) is 30.2 Å². The number of rotatable bonds is 2. The molecule has 1 aliphatic carbocycles. The highest BCUT2D eigenvalue weighted by atomic mass is 35.5. The van der Waals surface area contributed by atoms with Gasteiger partial charge in [-0.2, -0.15) is 0 Å². The molecule has 0 bridgehead atoms. The lowest BCUT2D eigenvalue weighted by atomic mass is 9.84. The van der Waals surface area contributed by atoms with Gasteiger partial charge in [-0.1, -0.05) is 41.8 Å². The molecule has 1 aromatic carbocycles. The Labute approximate surface area is 127 Å². The molecular formula is C14H15Cl2NOS. The minimum absolute atomic E-state index is 0.0271. The number of thioether (sulfide) groups is 1. The lowest BCUT2D eigenvalue weighted by Gasteiger charge is -2.32. The maximum absolute atomic E-state index is 12.4. The summed E-state index contributed by atoms with van der Waals surface area (Å²) in [7, 11) is 0. The van der Waals surface area contributed by atoms with Gasteiger partial charge >= 0.3 is 0 Å². The van der Waals surface area contributed by atoms with Gasteiger partial charge in [0.1, 0.15) is 5.37 Å². The van der Waals surface area contributed by atoms with Crippen molar-refractivity contribution in [1.29, 1.82) is 0 Å². The second-order valence-corrected chi connectivity index (χ2v) is 7.00. The van der Waals surface area contributed by atoms with Gasteiger partial charge in [-0.3, -0.25) is 4.79 Å². The average Bonchev–Trinajstić information content (AvgIpc) is 2.79. The highest BCUT2D eigenvalue weighted by Gasteiger charge is 2.37. The largest absolute Gasteiger partial charge is 0.325 e. The van der Waals surface area contributed by atoms with Crippen LogP contribution >= 0.6 is 35.0 Å². The van der Waals surface area contributed by atoms with Crippen molar-refractivity contribution in [3.8, 4) is 0 Å². The Bertz CT molecular complexity index is 504. The van der Waals surface area contributed by atoms with Crippen molar-refractivity contribution in [2.75, 3.05) is 12.3 Å². The molecule has 2 fully saturated rings. The molecule has 2 aliphatic rings. The molecule has 1 aliphatic heterocycles. The molecule has 102 valence electrons. The first-order chi connectivity index (χ1) is 9.18. The molecule has 0 radical (unpaired) electrons. The molecule has 1 saturated heterocycles. The molecule has 1 saturated carbocycles. The fourth-order valence-corrected chi connectivity index (χ4v) is 4.32. The molecule has 0 unspecified atom stereocenters. The third-order valence-electron chi connectivity index (χ3n) is 3.88. The van der Waals surface area contributed by atoms with Crippen molar-refractivity contribution >= 4 is 40.9 Å². The van der Waals surface area contributed by atoms with E-state index in [0.717, 1.165) is 30.7 Å². The van der Waals surface area contributed by atoms with Crippen molar-refractivity contribution in [3.63, 3.8) is 0 Å². The molecule has 0 aromatic heterocycles. The van der Waals surface area contributed by atoms with Crippen molar-refractivity contribution in [2.45, 2.75) is 24.6 Å². The van der Waals surface area contributed by atoms with Gasteiger partial charge in [0.15, 0.2) is 0 Å². The van der Waals surface area contributed by atoms with E-state index >= 15 is 0 Å². The van der Waals surface area contributed by atoms with Gasteiger partial charge in [-0.25, -0.2) is 0 Å². The Balaban J connectivity index is 1.86. The van der Waals surface area contributed by atoms with Gasteiger partial charge in [0.2, 0.25) is 5.91 Å². The van der Waals surface area contributed by atoms with E-state index in [1.54, 1.807) is 17.8 Å². The summed E-state index contributed by atoms with van der Waals surface area (Å²) >= 11 is 14.1. The summed E-state index contributed by atoms with van der Waals surface area (Å²) in [5, 5.41) is 1.16. The molecule has 1 atom stereocenters. The van der Waals surface area contributed by atoms with Crippen molar-refractivity contribution in [3.05, 3.63) is 33.8 Å². The first-order valence-corrected chi connectivity index (χ1v) is 8.35. The van der Waals surface area contributed by atoms with Crippen LogP contribution in [0.2, 0.25) is 10.0 Å². The Hall–Kier alpha value is -0.380. The number of halogens is 2. The number of carbonyl (C=O) groups excluding carboxylic acids is 1. The van der Waals surface area contributed by atoms with Gasteiger partial charge in [0.25, 0.3) is 0 Å². The summed E-state index contributed by atoms with van der Waals surface area (Å²) in [5.74, 6) is 1.49. The molecule has 3 rings (SSSR count). The maximum Gasteiger partial charge on any atom is 0.226 e. The molecule has 19 heavy (non-hydrogen) atoms. The highest BCUT2D eigenvalue weighted by Crippen LogP contribution is 2.44. The molecule has 1 aromatic rings. The zero-order chi connectivity index (χ0) is 13.4. The quantitative estimate of drug-likeness (QED) is 0.807. The number of carbonyl (C=O) groups is 1. The Morgan fingerprint density at radius 2 is 2.11 bits per heavy atom. The lowest BCUT2D eigenvalue weighted by molar-refractivity contribution is -0.138. The fraction of sp³-hybridized carbons (Fsp3) is 0.500. The molecule has 0 spiro atoms. The summed E-state index contributed by atoms with van der Waals surface area (Å²) < 4.78 is 0. The monoisotopic (exact) mass is 315 g/mol. The summed E-state index contributed by atoms with van der Waals surface area (Å²) in [5.41, 5.74) is 0.962. The molecule has 0 N–H and O–H groups in total. The second-order valence-electron chi connectivity index (χ2n) is 5.03. The Kier molecular flexibility index (Phi) is 3.97. The van der Waals surface area contributed by atoms with Crippen LogP contribution < -0.4 is 0 Å². The van der Waals surface area contributed by atoms with Crippen molar-refractivity contribution < 1.29 is 4.79 Å². The molecular weight excluding hydrogens is 301 g/mol. The smallest absolute Gasteiger partial charge is 0.226 e. The van der Waals surface area contributed by atoms with E-state index in [-0.39, 0.29) is 17.2 Å². The topological polar surface area (TPSA) is 20.3 Å². The normalized spacial score (nSPS) is 23.5. The van der Waals surface area contributed by atoms with Gasteiger partial charge in [-0.15, -0.1) is 11.8 Å². The summed E-state index contributed by atoms with van der Waals surface area (Å²) in [6.45, 7) is 0.813. The molecule has 1 heterocycles. The maximum atomic E-state index is 12.4. The van der Waals surface area contributed by atoms with Crippen LogP contribution in [0.5, 0.6) is 0 Å². The van der Waals surface area contributed by atoms with Crippen LogP contribution in [0.3, 0.4) is 0 Å². The van der Waals surface area contributed by atoms with Crippen LogP contribution in [0.4, 0.5) is 0 Å². The number of hydrogen-bond donors (Lipinski definition) is 0. The zero-order valence-corrected chi connectivity index (χ0v) is 12.8. The first kappa shape index (κ1) is 13.6. The van der Waals surface area contributed by atoms with Gasteiger partial charge < -0.3 is 4.90 Å². The standard InChI is InChI=1S/C14H15Cl2NOS/c15-11-6-2-5-10(12(11)16)14-17(7-8-19-14)13(18)9-3-1-4-9/h2,5-6,9,14H,1,3-4,7-8H2/t14-/m1/s1. The third-order valence-corrected chi connectivity index (χ3v) is 5.95. The van der Waals surface area contributed by atoms with Crippen LogP contribution in [0.25, 0.3) is 0 Å². The Morgan fingerprint density at radius 1 is 1.32 bits per heavy atom. The van der Waals surface area contributed by atoms with E-state index in [1.165, 1.54) is 6.42 Å². The predicted molar refractivity (Wildman–Crippen MR) is 80.7 cm³/mol. The fourth-order valence-electron chi connectivity index (χ4n) is 2.55. The molecule has 1 amide bonds. The number of nitrogens with zero attached hydrogens (tertiary/aromatic N) is 1. The third kappa shape index (κ3) is 2.48. The van der Waals surface area contributed by atoms with Gasteiger partial charge in [0, 0.05) is 23.8 Å². The molecule has 2 nitrogen and oxygen atoms in total. The summed E-state index contributed by atoms with van der Waals surface area (Å²) in [4.78, 5) is 14.4. The van der Waals surface area contributed by atoms with E-state index in [4.69, 9.17) is 23.2 Å². The summed E-state index contributed by atoms with van der Waals surface area (Å²) in [6, 6.07) is 5.65. The van der Waals surface area contributed by atoms with E-state index in [1.807, 2.05) is 17.0 Å². The van der Waals surface area contributed by atoms with Crippen LogP contribution in [-0.4, -0.2) is 23.1 Å². The van der Waals surface area contributed by atoms with Crippen molar-refractivity contribution in [2.24, 2.45) is 5.92 Å². The SMILES string of the molecule is O=C(C1CCC1)N1CCS[C@@H]1c1cccc(Cl)c1Cl. The van der Waals surface area contributed by atoms with E-state index in [0.29, 0.717) is 10.0 Å². The highest BCUT2D eigenvalue weighted by molar-refractivity contribution is 7.99. The number of benzene rings is 1. The van der Waals surface area contributed by atoms with Gasteiger partial charge in [0.05, 0.1) is 10.0 Å². The summed E-state index contributed by atoms with van der Waals surface area (Å²) in [6.07, 6.45) is 3.26. The van der Waals surface area contributed by atoms with Crippen molar-refractivity contribution in [1.82, 2.24) is 4.90 Å². The van der Waals surface area contributed by atoms with Gasteiger partial charge in [-0.05, 0) is 18.9 Å². The minimum atomic E-state index is 0.0271. The lowest BCUT2D eigenvalue weighted by Crippen LogP contribution is -2.38. The first-order valence-electron chi connectivity index (χ1n) is 6.54. The molecule has 5 heteroatoms. The van der Waals surface area contributed by atoms with Crippen LogP contribution in [-0.2, 0) is 4.79 Å². The van der Waals surface area contributed by atoms with E-state index in [2.05, 4.69) is 0 Å².